The molecule has 2 N–H and O–H groups in total. The number of methoxy groups -OCH3 is 1. The van der Waals surface area contributed by atoms with Gasteiger partial charge in [-0.05, 0) is 63.4 Å². The molecule has 0 bridgehead atoms. The highest BCUT2D eigenvalue weighted by atomic mass is 35.5. The normalized spacial score (nSPS) is 12.9. The number of hydrogen-bond donors (Lipinski definition) is 2. The Morgan fingerprint density at radius 1 is 1.09 bits per heavy atom. The quantitative estimate of drug-likeness (QED) is 0.219. The zero-order valence-electron chi connectivity index (χ0n) is 24.6. The summed E-state index contributed by atoms with van der Waals surface area (Å²) in [6.45, 7) is 7.35. The van der Waals surface area contributed by atoms with Crippen molar-refractivity contribution in [2.45, 2.75) is 32.8 Å². The number of tetrazole rings is 1. The fourth-order valence-corrected chi connectivity index (χ4v) is 5.13. The van der Waals surface area contributed by atoms with Crippen LogP contribution in [0.2, 0.25) is 5.02 Å². The number of ether oxygens (including phenoxy) is 1. The monoisotopic (exact) mass is 596 g/mol. The number of pyridine rings is 1. The van der Waals surface area contributed by atoms with E-state index in [0.29, 0.717) is 51.8 Å². The second-order valence-electron chi connectivity index (χ2n) is 11.7. The Morgan fingerprint density at radius 2 is 1.81 bits per heavy atom. The van der Waals surface area contributed by atoms with Crippen LogP contribution in [0.1, 0.15) is 43.3 Å². The van der Waals surface area contributed by atoms with Gasteiger partial charge in [0.2, 0.25) is 0 Å². The Balaban J connectivity index is 1.62. The molecule has 0 amide bonds. The van der Waals surface area contributed by atoms with Gasteiger partial charge in [-0.15, -0.1) is 5.10 Å². The third-order valence-corrected chi connectivity index (χ3v) is 7.42. The van der Waals surface area contributed by atoms with E-state index in [1.54, 1.807) is 30.0 Å². The number of nitrogens with one attached hydrogen (secondary N) is 2. The fraction of sp³-hybridized carbons (Fsp3) is 0.258. The van der Waals surface area contributed by atoms with Crippen LogP contribution < -0.4 is 15.4 Å². The van der Waals surface area contributed by atoms with E-state index in [1.807, 2.05) is 38.2 Å². The van der Waals surface area contributed by atoms with Gasteiger partial charge in [0.25, 0.3) is 0 Å². The minimum Gasteiger partial charge on any atom is -0.497 e. The van der Waals surface area contributed by atoms with E-state index >= 15 is 0 Å². The molecule has 9 nitrogen and oxygen atoms in total. The summed E-state index contributed by atoms with van der Waals surface area (Å²) in [5, 5.41) is 30.7. The van der Waals surface area contributed by atoms with Crippen molar-refractivity contribution >= 4 is 41.7 Å². The zero-order chi connectivity index (χ0) is 30.8. The predicted octanol–water partition coefficient (Wildman–Crippen LogP) is 5.35. The van der Waals surface area contributed by atoms with Crippen LogP contribution in [0.5, 0.6) is 5.75 Å². The zero-order valence-corrected chi connectivity index (χ0v) is 25.4. The highest BCUT2D eigenvalue weighted by Gasteiger charge is 2.35. The summed E-state index contributed by atoms with van der Waals surface area (Å²) in [5.74, 6) is 0.889. The van der Waals surface area contributed by atoms with Crippen molar-refractivity contribution in [1.82, 2.24) is 25.2 Å². The lowest BCUT2D eigenvalue weighted by atomic mass is 9.71. The molecule has 3 aromatic carbocycles. The molecule has 0 aliphatic rings. The molecule has 43 heavy (non-hydrogen) atoms. The number of nitrogens with zero attached hydrogens (tertiary/aromatic N) is 6. The van der Waals surface area contributed by atoms with Crippen LogP contribution in [0.4, 0.5) is 15.8 Å². The molecule has 218 valence electrons. The Labute approximate surface area is 255 Å². The molecule has 0 saturated heterocycles. The number of anilines is 2. The van der Waals surface area contributed by atoms with Gasteiger partial charge in [0.05, 0.1) is 40.9 Å². The first-order valence-corrected chi connectivity index (χ1v) is 14.1. The number of halogens is 2. The van der Waals surface area contributed by atoms with Crippen LogP contribution in [0, 0.1) is 22.6 Å². The second-order valence-corrected chi connectivity index (χ2v) is 12.1. The van der Waals surface area contributed by atoms with E-state index in [2.05, 4.69) is 58.0 Å². The Bertz CT molecular complexity index is 1800. The summed E-state index contributed by atoms with van der Waals surface area (Å²) in [7, 11) is 3.55. The van der Waals surface area contributed by atoms with Crippen molar-refractivity contribution in [3.05, 3.63) is 100 Å². The average molecular weight is 597 g/mol. The number of nitriles is 1. The maximum absolute atomic E-state index is 14.0. The van der Waals surface area contributed by atoms with E-state index in [-0.39, 0.29) is 11.2 Å². The number of hydrogen-bond acceptors (Lipinski definition) is 8. The summed E-state index contributed by atoms with van der Waals surface area (Å²) in [6.07, 6.45) is 1.53. The second kappa shape index (κ2) is 11.9. The molecule has 1 unspecified atom stereocenters. The van der Waals surface area contributed by atoms with Crippen LogP contribution in [0.3, 0.4) is 0 Å². The van der Waals surface area contributed by atoms with Crippen LogP contribution in [0.25, 0.3) is 10.9 Å². The fourth-order valence-electron chi connectivity index (χ4n) is 4.86. The van der Waals surface area contributed by atoms with Crippen molar-refractivity contribution < 1.29 is 9.13 Å². The lowest BCUT2D eigenvalue weighted by Crippen LogP contribution is -2.40. The van der Waals surface area contributed by atoms with E-state index in [0.717, 1.165) is 16.9 Å². The van der Waals surface area contributed by atoms with Gasteiger partial charge in [0, 0.05) is 23.8 Å². The molecule has 12 heteroatoms. The first-order chi connectivity index (χ1) is 20.5. The lowest BCUT2D eigenvalue weighted by Gasteiger charge is -2.32. The molecule has 0 radical (unpaired) electrons. The third-order valence-electron chi connectivity index (χ3n) is 7.13. The molecule has 0 saturated carbocycles. The number of fused-ring (bicyclic) bond motifs is 1. The molecule has 2 heterocycles. The van der Waals surface area contributed by atoms with Gasteiger partial charge >= 0.3 is 0 Å². The van der Waals surface area contributed by atoms with Crippen molar-refractivity contribution in [2.75, 3.05) is 24.3 Å². The Kier molecular flexibility index (Phi) is 8.24. The number of benzene rings is 3. The molecule has 0 spiro atoms. The molecular weight excluding hydrogens is 566 g/mol. The van der Waals surface area contributed by atoms with Gasteiger partial charge in [-0.25, -0.2) is 9.07 Å². The molecule has 5 aromatic rings. The van der Waals surface area contributed by atoms with Gasteiger partial charge in [0.15, 0.2) is 13.7 Å². The van der Waals surface area contributed by atoms with Gasteiger partial charge in [-0.3, -0.25) is 4.98 Å². The molecule has 0 fully saturated rings. The maximum atomic E-state index is 14.0. The van der Waals surface area contributed by atoms with Gasteiger partial charge in [-0.1, -0.05) is 56.6 Å². The van der Waals surface area contributed by atoms with Gasteiger partial charge in [0.1, 0.15) is 17.6 Å². The van der Waals surface area contributed by atoms with Crippen LogP contribution in [0.15, 0.2) is 66.9 Å². The van der Waals surface area contributed by atoms with Gasteiger partial charge < -0.3 is 15.4 Å². The Hall–Kier alpha value is -4.69. The molecule has 1 atom stereocenters. The van der Waals surface area contributed by atoms with Crippen molar-refractivity contribution in [3.63, 3.8) is 0 Å². The third kappa shape index (κ3) is 6.39. The first kappa shape index (κ1) is 29.8. The van der Waals surface area contributed by atoms with E-state index in [1.165, 1.54) is 18.3 Å². The van der Waals surface area contributed by atoms with Gasteiger partial charge in [-0.2, -0.15) is 5.26 Å². The topological polar surface area (TPSA) is 114 Å². The van der Waals surface area contributed by atoms with Crippen LogP contribution in [-0.4, -0.2) is 46.7 Å². The predicted molar refractivity (Wildman–Crippen MR) is 169 cm³/mol. The van der Waals surface area contributed by atoms with E-state index < -0.39 is 5.44 Å². The highest BCUT2D eigenvalue weighted by Crippen LogP contribution is 2.37. The molecular formula is C31H31BClFN8O. The minimum atomic E-state index is -1.03. The largest absolute Gasteiger partial charge is 0.497 e. The average Bonchev–Trinajstić information content (AvgIpc) is 3.45. The molecule has 0 aliphatic heterocycles. The summed E-state index contributed by atoms with van der Waals surface area (Å²) < 4.78 is 21.0. The Morgan fingerprint density at radius 3 is 2.47 bits per heavy atom. The lowest BCUT2D eigenvalue weighted by molar-refractivity contribution is 0.414. The van der Waals surface area contributed by atoms with Crippen LogP contribution >= 0.6 is 11.6 Å². The highest BCUT2D eigenvalue weighted by molar-refractivity contribution is 6.36. The van der Waals surface area contributed by atoms with E-state index in [9.17, 15) is 9.65 Å². The summed E-state index contributed by atoms with van der Waals surface area (Å²) >= 11 is 6.79. The SMILES string of the molecule is BC(Nc1cc(Cl)c2ncc(C#N)c(NCC(C)(C)C)c2c1)(c1ccc(F)cc1)c1nnnn1Cc1ccc(OC)cc1. The molecule has 5 rings (SSSR count). The number of aromatic nitrogens is 5. The molecule has 2 aromatic heterocycles. The van der Waals surface area contributed by atoms with Crippen molar-refractivity contribution in [1.29, 1.82) is 5.26 Å². The standard InChI is InChI=1S/C31H31BClFN8O/c1-30(2,3)18-37-27-20(15-35)16-36-28-25(27)13-23(14-26(28)33)38-31(32,21-7-9-22(34)10-8-21)29-39-40-41-42(29)17-19-5-11-24(43-4)12-6-19/h5-14,16,38H,17-18,32H2,1-4H3,(H,36,37). The first-order valence-electron chi connectivity index (χ1n) is 13.7. The smallest absolute Gasteiger partial charge is 0.172 e. The summed E-state index contributed by atoms with van der Waals surface area (Å²) in [6, 6.07) is 19.8. The number of rotatable bonds is 9. The molecule has 0 aliphatic carbocycles. The van der Waals surface area contributed by atoms with E-state index in [4.69, 9.17) is 16.3 Å². The summed E-state index contributed by atoms with van der Waals surface area (Å²) in [5.41, 5.74) is 2.90. The minimum absolute atomic E-state index is 0.0376. The van der Waals surface area contributed by atoms with Crippen molar-refractivity contribution in [2.24, 2.45) is 5.41 Å². The maximum Gasteiger partial charge on any atom is 0.172 e. The van der Waals surface area contributed by atoms with Crippen molar-refractivity contribution in [3.8, 4) is 11.8 Å². The summed E-state index contributed by atoms with van der Waals surface area (Å²) in [4.78, 5) is 4.48. The van der Waals surface area contributed by atoms with Crippen LogP contribution in [-0.2, 0) is 12.0 Å².